The molecular formula is C16H18O. The number of hydrogen-bond acceptors (Lipinski definition) is 1. The van der Waals surface area contributed by atoms with Crippen LogP contribution in [0.3, 0.4) is 0 Å². The van der Waals surface area contributed by atoms with Crippen molar-refractivity contribution in [3.05, 3.63) is 53.3 Å². The van der Waals surface area contributed by atoms with Crippen LogP contribution in [0.2, 0.25) is 0 Å². The molecule has 0 saturated heterocycles. The van der Waals surface area contributed by atoms with Crippen molar-refractivity contribution in [3.63, 3.8) is 0 Å². The second-order valence-corrected chi connectivity index (χ2v) is 4.91. The summed E-state index contributed by atoms with van der Waals surface area (Å²) in [7, 11) is 1.75. The third kappa shape index (κ3) is 2.28. The molecule has 0 N–H and O–H groups in total. The summed E-state index contributed by atoms with van der Waals surface area (Å²) in [5.41, 5.74) is 4.11. The van der Waals surface area contributed by atoms with Gasteiger partial charge in [0.05, 0.1) is 12.9 Å². The zero-order valence-corrected chi connectivity index (χ0v) is 10.3. The lowest BCUT2D eigenvalue weighted by Gasteiger charge is -2.13. The van der Waals surface area contributed by atoms with Crippen LogP contribution in [-0.4, -0.2) is 7.11 Å². The van der Waals surface area contributed by atoms with Gasteiger partial charge >= 0.3 is 0 Å². The fraction of sp³-hybridized carbons (Fsp3) is 0.375. The Morgan fingerprint density at radius 3 is 2.53 bits per heavy atom. The van der Waals surface area contributed by atoms with Crippen LogP contribution in [0.5, 0.6) is 0 Å². The minimum absolute atomic E-state index is 0.842. The summed E-state index contributed by atoms with van der Waals surface area (Å²) in [6.45, 7) is 0. The highest BCUT2D eigenvalue weighted by Gasteiger charge is 2.23. The van der Waals surface area contributed by atoms with Crippen LogP contribution in [-0.2, 0) is 4.74 Å². The fourth-order valence-corrected chi connectivity index (χ4v) is 2.40. The Morgan fingerprint density at radius 2 is 1.88 bits per heavy atom. The molecule has 1 heteroatoms. The van der Waals surface area contributed by atoms with Gasteiger partial charge in [0.2, 0.25) is 0 Å². The molecule has 0 unspecified atom stereocenters. The van der Waals surface area contributed by atoms with E-state index in [-0.39, 0.29) is 0 Å². The quantitative estimate of drug-likeness (QED) is 0.747. The summed E-state index contributed by atoms with van der Waals surface area (Å²) in [5, 5.41) is 0. The molecule has 17 heavy (non-hydrogen) atoms. The van der Waals surface area contributed by atoms with Crippen LogP contribution >= 0.6 is 0 Å². The standard InChI is InChI=1S/C16H18O/c1-17-16-4-2-3-15(11-16)14-9-7-13(8-10-14)12-5-6-12/h3,7-12H,2,4-6H2,1H3. The third-order valence-corrected chi connectivity index (χ3v) is 3.63. The van der Waals surface area contributed by atoms with Crippen molar-refractivity contribution in [2.45, 2.75) is 31.6 Å². The van der Waals surface area contributed by atoms with E-state index in [9.17, 15) is 0 Å². The lowest BCUT2D eigenvalue weighted by atomic mass is 9.97. The molecule has 2 aliphatic rings. The van der Waals surface area contributed by atoms with Gasteiger partial charge < -0.3 is 4.74 Å². The molecule has 0 atom stereocenters. The van der Waals surface area contributed by atoms with Gasteiger partial charge in [0.1, 0.15) is 0 Å². The highest BCUT2D eigenvalue weighted by molar-refractivity contribution is 5.75. The second-order valence-electron chi connectivity index (χ2n) is 4.91. The van der Waals surface area contributed by atoms with E-state index < -0.39 is 0 Å². The summed E-state index contributed by atoms with van der Waals surface area (Å²) in [6, 6.07) is 9.05. The Hall–Kier alpha value is -1.50. The summed E-state index contributed by atoms with van der Waals surface area (Å²) < 4.78 is 5.34. The van der Waals surface area contributed by atoms with E-state index in [4.69, 9.17) is 4.74 Å². The van der Waals surface area contributed by atoms with Gasteiger partial charge in [0.25, 0.3) is 0 Å². The van der Waals surface area contributed by atoms with Gasteiger partial charge in [-0.05, 0) is 48.0 Å². The van der Waals surface area contributed by atoms with Crippen molar-refractivity contribution in [3.8, 4) is 0 Å². The lowest BCUT2D eigenvalue weighted by Crippen LogP contribution is -1.94. The first kappa shape index (κ1) is 10.6. The average molecular weight is 226 g/mol. The molecule has 1 aromatic carbocycles. The molecule has 0 heterocycles. The molecular weight excluding hydrogens is 208 g/mol. The van der Waals surface area contributed by atoms with E-state index in [1.54, 1.807) is 7.11 Å². The van der Waals surface area contributed by atoms with E-state index >= 15 is 0 Å². The Morgan fingerprint density at radius 1 is 1.12 bits per heavy atom. The van der Waals surface area contributed by atoms with Crippen LogP contribution in [0, 0.1) is 0 Å². The van der Waals surface area contributed by atoms with Crippen LogP contribution in [0.4, 0.5) is 0 Å². The highest BCUT2D eigenvalue weighted by Crippen LogP contribution is 2.40. The van der Waals surface area contributed by atoms with Gasteiger partial charge in [-0.3, -0.25) is 0 Å². The number of rotatable bonds is 3. The van der Waals surface area contributed by atoms with E-state index in [0.717, 1.165) is 24.5 Å². The zero-order chi connectivity index (χ0) is 11.7. The molecule has 0 amide bonds. The molecule has 0 aliphatic heterocycles. The van der Waals surface area contributed by atoms with Crippen molar-refractivity contribution < 1.29 is 4.74 Å². The molecule has 88 valence electrons. The minimum Gasteiger partial charge on any atom is -0.501 e. The molecule has 2 aliphatic carbocycles. The zero-order valence-electron chi connectivity index (χ0n) is 10.3. The Balaban J connectivity index is 1.83. The second kappa shape index (κ2) is 4.40. The van der Waals surface area contributed by atoms with E-state index in [1.165, 1.54) is 29.5 Å². The normalized spacial score (nSPS) is 19.6. The van der Waals surface area contributed by atoms with Gasteiger partial charge in [-0.15, -0.1) is 0 Å². The first-order chi connectivity index (χ1) is 8.36. The van der Waals surface area contributed by atoms with Gasteiger partial charge in [0.15, 0.2) is 0 Å². The topological polar surface area (TPSA) is 9.23 Å². The number of methoxy groups -OCH3 is 1. The molecule has 0 spiro atoms. The molecule has 0 aromatic heterocycles. The van der Waals surface area contributed by atoms with Gasteiger partial charge in [-0.1, -0.05) is 30.3 Å². The summed E-state index contributed by atoms with van der Waals surface area (Å²) in [6.07, 6.45) is 9.31. The Kier molecular flexibility index (Phi) is 2.76. The van der Waals surface area contributed by atoms with Gasteiger partial charge in [-0.2, -0.15) is 0 Å². The van der Waals surface area contributed by atoms with Crippen LogP contribution in [0.25, 0.3) is 5.57 Å². The highest BCUT2D eigenvalue weighted by atomic mass is 16.5. The minimum atomic E-state index is 0.842. The predicted molar refractivity (Wildman–Crippen MR) is 70.7 cm³/mol. The molecule has 1 fully saturated rings. The average Bonchev–Trinajstić information content (AvgIpc) is 3.23. The monoisotopic (exact) mass is 226 g/mol. The van der Waals surface area contributed by atoms with Crippen molar-refractivity contribution in [2.24, 2.45) is 0 Å². The molecule has 3 rings (SSSR count). The predicted octanol–water partition coefficient (Wildman–Crippen LogP) is 4.27. The number of hydrogen-bond donors (Lipinski definition) is 0. The smallest absolute Gasteiger partial charge is 0.0964 e. The molecule has 0 bridgehead atoms. The van der Waals surface area contributed by atoms with Crippen molar-refractivity contribution in [2.75, 3.05) is 7.11 Å². The van der Waals surface area contributed by atoms with Gasteiger partial charge in [0, 0.05) is 6.42 Å². The molecule has 1 nitrogen and oxygen atoms in total. The first-order valence-corrected chi connectivity index (χ1v) is 6.42. The fourth-order valence-electron chi connectivity index (χ4n) is 2.40. The lowest BCUT2D eigenvalue weighted by molar-refractivity contribution is 0.277. The molecule has 0 radical (unpaired) electrons. The largest absolute Gasteiger partial charge is 0.501 e. The number of allylic oxidation sites excluding steroid dienone is 4. The Labute approximate surface area is 103 Å². The molecule has 1 aromatic rings. The Bertz CT molecular complexity index is 461. The van der Waals surface area contributed by atoms with Crippen molar-refractivity contribution in [1.82, 2.24) is 0 Å². The SMILES string of the molecule is COC1=CC(c2ccc(C3CC3)cc2)=CCC1. The van der Waals surface area contributed by atoms with E-state index in [1.807, 2.05) is 0 Å². The summed E-state index contributed by atoms with van der Waals surface area (Å²) in [4.78, 5) is 0. The van der Waals surface area contributed by atoms with E-state index in [0.29, 0.717) is 0 Å². The maximum Gasteiger partial charge on any atom is 0.0964 e. The molecule has 1 saturated carbocycles. The summed E-state index contributed by atoms with van der Waals surface area (Å²) >= 11 is 0. The summed E-state index contributed by atoms with van der Waals surface area (Å²) in [5.74, 6) is 1.93. The van der Waals surface area contributed by atoms with Crippen LogP contribution < -0.4 is 0 Å². The maximum atomic E-state index is 5.34. The van der Waals surface area contributed by atoms with Crippen LogP contribution in [0.1, 0.15) is 42.7 Å². The number of benzene rings is 1. The number of ether oxygens (including phenoxy) is 1. The maximum absolute atomic E-state index is 5.34. The van der Waals surface area contributed by atoms with Crippen molar-refractivity contribution in [1.29, 1.82) is 0 Å². The van der Waals surface area contributed by atoms with Crippen LogP contribution in [0.15, 0.2) is 42.2 Å². The first-order valence-electron chi connectivity index (χ1n) is 6.42. The van der Waals surface area contributed by atoms with E-state index in [2.05, 4.69) is 36.4 Å². The third-order valence-electron chi connectivity index (χ3n) is 3.63. The van der Waals surface area contributed by atoms with Crippen molar-refractivity contribution >= 4 is 5.57 Å². The van der Waals surface area contributed by atoms with Gasteiger partial charge in [-0.25, -0.2) is 0 Å².